The molecule has 0 saturated carbocycles. The van der Waals surface area contributed by atoms with Crippen molar-refractivity contribution in [3.63, 3.8) is 0 Å². The maximum Gasteiger partial charge on any atom is 0.119 e. The molecule has 0 saturated heterocycles. The fourth-order valence-electron chi connectivity index (χ4n) is 7.03. The standard InChI is InChI=1S/C48H74N2O6/c1-3-5-6-7-8-9-10-11-12-13-14-15-16-17-18-28-35-49(36-42(51)39-54-45-29-22-19-23-30-45)48(4-2)50(37-43(52)40-55-46-31-24-20-25-32-46)38-44(53)41-56-47-33-26-21-27-34-47/h4,19-27,29-34,42-44,51-53H,3,5-18,28,35-41H2,1-2H3. The van der Waals surface area contributed by atoms with Crippen molar-refractivity contribution in [2.45, 2.75) is 135 Å². The van der Waals surface area contributed by atoms with Crippen LogP contribution >= 0.6 is 0 Å². The van der Waals surface area contributed by atoms with E-state index in [1.54, 1.807) is 0 Å². The fraction of sp³-hybridized carbons (Fsp3) is 0.583. The lowest BCUT2D eigenvalue weighted by molar-refractivity contribution is 0.0211. The summed E-state index contributed by atoms with van der Waals surface area (Å²) < 4.78 is 17.7. The number of para-hydroxylation sites is 3. The molecule has 3 unspecified atom stereocenters. The summed E-state index contributed by atoms with van der Waals surface area (Å²) in [6.07, 6.45) is 20.5. The Morgan fingerprint density at radius 2 is 0.768 bits per heavy atom. The highest BCUT2D eigenvalue weighted by Gasteiger charge is 2.24. The molecule has 0 aliphatic carbocycles. The van der Waals surface area contributed by atoms with Crippen LogP contribution in [-0.4, -0.2) is 89.4 Å². The third kappa shape index (κ3) is 21.5. The number of aliphatic hydroxyl groups is 3. The molecule has 56 heavy (non-hydrogen) atoms. The molecule has 8 nitrogen and oxygen atoms in total. The third-order valence-corrected chi connectivity index (χ3v) is 10.0. The van der Waals surface area contributed by atoms with Gasteiger partial charge in [0.1, 0.15) is 55.4 Å². The third-order valence-electron chi connectivity index (χ3n) is 10.0. The van der Waals surface area contributed by atoms with E-state index in [9.17, 15) is 15.3 Å². The summed E-state index contributed by atoms with van der Waals surface area (Å²) in [6.45, 7) is 6.11. The van der Waals surface area contributed by atoms with Crippen LogP contribution < -0.4 is 14.2 Å². The van der Waals surface area contributed by atoms with E-state index in [4.69, 9.17) is 14.2 Å². The first-order valence-corrected chi connectivity index (χ1v) is 21.7. The molecule has 3 aromatic carbocycles. The maximum absolute atomic E-state index is 11.3. The maximum atomic E-state index is 11.3. The van der Waals surface area contributed by atoms with Gasteiger partial charge in [0.2, 0.25) is 0 Å². The highest BCUT2D eigenvalue weighted by molar-refractivity contribution is 5.22. The number of benzene rings is 3. The van der Waals surface area contributed by atoms with Gasteiger partial charge >= 0.3 is 0 Å². The van der Waals surface area contributed by atoms with Crippen LogP contribution in [0.15, 0.2) is 103 Å². The zero-order chi connectivity index (χ0) is 39.9. The molecule has 0 heterocycles. The summed E-state index contributed by atoms with van der Waals surface area (Å²) in [5.41, 5.74) is 0. The lowest BCUT2D eigenvalue weighted by Gasteiger charge is -2.39. The van der Waals surface area contributed by atoms with Crippen LogP contribution in [0.4, 0.5) is 0 Å². The van der Waals surface area contributed by atoms with Gasteiger partial charge in [0.05, 0.1) is 5.82 Å². The molecule has 3 aromatic rings. The van der Waals surface area contributed by atoms with Crippen LogP contribution in [0.2, 0.25) is 0 Å². The van der Waals surface area contributed by atoms with E-state index < -0.39 is 18.3 Å². The van der Waals surface area contributed by atoms with Gasteiger partial charge in [0.15, 0.2) is 0 Å². The molecule has 8 heteroatoms. The zero-order valence-corrected chi connectivity index (χ0v) is 34.7. The van der Waals surface area contributed by atoms with Crippen molar-refractivity contribution in [1.82, 2.24) is 9.80 Å². The Balaban J connectivity index is 1.57. The minimum Gasteiger partial charge on any atom is -0.491 e. The molecule has 0 aromatic heterocycles. The normalized spacial score (nSPS) is 13.2. The molecule has 0 aliphatic rings. The second-order valence-electron chi connectivity index (χ2n) is 15.1. The fourth-order valence-corrected chi connectivity index (χ4v) is 7.03. The number of allylic oxidation sites excluding steroid dienone is 1. The number of hydrogen-bond donors (Lipinski definition) is 3. The van der Waals surface area contributed by atoms with Gasteiger partial charge in [-0.05, 0) is 55.8 Å². The van der Waals surface area contributed by atoms with Crippen molar-refractivity contribution in [3.8, 4) is 17.2 Å². The molecule has 0 aliphatic heterocycles. The lowest BCUT2D eigenvalue weighted by Crippen LogP contribution is -2.47. The summed E-state index contributed by atoms with van der Waals surface area (Å²) in [7, 11) is 0. The summed E-state index contributed by atoms with van der Waals surface area (Å²) in [6, 6.07) is 28.5. The molecule has 3 N–H and O–H groups in total. The zero-order valence-electron chi connectivity index (χ0n) is 34.7. The molecular formula is C48H74N2O6. The Hall–Kier alpha value is -3.72. The quantitative estimate of drug-likeness (QED) is 0.0517. The van der Waals surface area contributed by atoms with Crippen LogP contribution in [-0.2, 0) is 0 Å². The second-order valence-corrected chi connectivity index (χ2v) is 15.1. The summed E-state index contributed by atoms with van der Waals surface area (Å²) in [5, 5.41) is 33.8. The average molecular weight is 775 g/mol. The second kappa shape index (κ2) is 30.4. The Labute approximate surface area is 339 Å². The minimum absolute atomic E-state index is 0.0980. The highest BCUT2D eigenvalue weighted by atomic mass is 16.5. The van der Waals surface area contributed by atoms with Gasteiger partial charge in [0, 0.05) is 26.2 Å². The molecule has 0 fully saturated rings. The van der Waals surface area contributed by atoms with Crippen molar-refractivity contribution in [3.05, 3.63) is 103 Å². The molecular weight excluding hydrogens is 701 g/mol. The largest absolute Gasteiger partial charge is 0.491 e. The summed E-state index contributed by atoms with van der Waals surface area (Å²) in [4.78, 5) is 4.17. The predicted molar refractivity (Wildman–Crippen MR) is 230 cm³/mol. The first kappa shape index (κ1) is 46.7. The van der Waals surface area contributed by atoms with Crippen LogP contribution in [0.1, 0.15) is 117 Å². The molecule has 0 radical (unpaired) electrons. The van der Waals surface area contributed by atoms with Crippen LogP contribution in [0.3, 0.4) is 0 Å². The summed E-state index contributed by atoms with van der Waals surface area (Å²) >= 11 is 0. The molecule has 3 atom stereocenters. The van der Waals surface area contributed by atoms with E-state index in [0.717, 1.165) is 25.2 Å². The molecule has 312 valence electrons. The van der Waals surface area contributed by atoms with Crippen molar-refractivity contribution in [2.24, 2.45) is 0 Å². The van der Waals surface area contributed by atoms with E-state index in [1.807, 2.05) is 109 Å². The monoisotopic (exact) mass is 775 g/mol. The van der Waals surface area contributed by atoms with E-state index in [1.165, 1.54) is 89.9 Å². The van der Waals surface area contributed by atoms with Gasteiger partial charge in [-0.15, -0.1) is 0 Å². The number of aliphatic hydroxyl groups excluding tert-OH is 3. The Morgan fingerprint density at radius 1 is 0.464 bits per heavy atom. The number of rotatable bonds is 34. The molecule has 0 bridgehead atoms. The SMILES string of the molecule is CC=C(N(CCCCCCCCCCCCCCCCCC)CC(O)COc1ccccc1)N(CC(O)COc1ccccc1)CC(O)COc1ccccc1. The van der Waals surface area contributed by atoms with Crippen LogP contribution in [0, 0.1) is 0 Å². The van der Waals surface area contributed by atoms with Gasteiger partial charge in [-0.25, -0.2) is 0 Å². The Bertz CT molecular complexity index is 1310. The van der Waals surface area contributed by atoms with Crippen molar-refractivity contribution < 1.29 is 29.5 Å². The minimum atomic E-state index is -0.837. The van der Waals surface area contributed by atoms with Crippen molar-refractivity contribution in [1.29, 1.82) is 0 Å². The topological polar surface area (TPSA) is 94.9 Å². The number of unbranched alkanes of at least 4 members (excludes halogenated alkanes) is 15. The van der Waals surface area contributed by atoms with E-state index in [-0.39, 0.29) is 32.9 Å². The molecule has 3 rings (SSSR count). The first-order chi connectivity index (χ1) is 27.5. The Kier molecular flexibility index (Phi) is 25.3. The van der Waals surface area contributed by atoms with E-state index >= 15 is 0 Å². The van der Waals surface area contributed by atoms with Gasteiger partial charge in [0.25, 0.3) is 0 Å². The van der Waals surface area contributed by atoms with E-state index in [2.05, 4.69) is 11.8 Å². The smallest absolute Gasteiger partial charge is 0.119 e. The van der Waals surface area contributed by atoms with Gasteiger partial charge in [-0.1, -0.05) is 158 Å². The van der Waals surface area contributed by atoms with Crippen LogP contribution in [0.25, 0.3) is 0 Å². The van der Waals surface area contributed by atoms with Crippen molar-refractivity contribution in [2.75, 3.05) is 46.0 Å². The molecule has 0 spiro atoms. The van der Waals surface area contributed by atoms with Gasteiger partial charge < -0.3 is 39.3 Å². The van der Waals surface area contributed by atoms with Gasteiger partial charge in [-0.3, -0.25) is 0 Å². The lowest BCUT2D eigenvalue weighted by atomic mass is 10.0. The first-order valence-electron chi connectivity index (χ1n) is 21.7. The summed E-state index contributed by atoms with van der Waals surface area (Å²) in [5.74, 6) is 2.92. The molecule has 0 amide bonds. The number of hydrogen-bond acceptors (Lipinski definition) is 8. The van der Waals surface area contributed by atoms with Crippen molar-refractivity contribution >= 4 is 0 Å². The Morgan fingerprint density at radius 3 is 1.09 bits per heavy atom. The number of ether oxygens (including phenoxy) is 3. The predicted octanol–water partition coefficient (Wildman–Crippen LogP) is 10.0. The highest BCUT2D eigenvalue weighted by Crippen LogP contribution is 2.19. The van der Waals surface area contributed by atoms with Gasteiger partial charge in [-0.2, -0.15) is 0 Å². The number of nitrogens with zero attached hydrogens (tertiary/aromatic N) is 2. The average Bonchev–Trinajstić information content (AvgIpc) is 3.22. The van der Waals surface area contributed by atoms with E-state index in [0.29, 0.717) is 23.8 Å². The van der Waals surface area contributed by atoms with Crippen LogP contribution in [0.5, 0.6) is 17.2 Å².